The van der Waals surface area contributed by atoms with Crippen molar-refractivity contribution in [2.75, 3.05) is 24.5 Å². The molecular weight excluding hydrogens is 322 g/mol. The summed E-state index contributed by atoms with van der Waals surface area (Å²) in [4.78, 5) is 34.6. The lowest BCUT2D eigenvalue weighted by Gasteiger charge is -2.24. The molecule has 0 aliphatic carbocycles. The standard InChI is InChI=1S/C17H21N5O3/c1-12-3-4-13(16(24)21(12)2)15(23)20-10-17(25)5-8-22(11-17)14-9-18-6-7-19-14/h3-4,6-7,9,25H,5,8,10-11H2,1-2H3,(H,20,23)/t17-/m0/s1. The molecule has 2 aromatic rings. The predicted molar refractivity (Wildman–Crippen MR) is 92.6 cm³/mol. The number of aliphatic hydroxyl groups is 1. The molecule has 0 bridgehead atoms. The van der Waals surface area contributed by atoms with E-state index in [0.29, 0.717) is 25.3 Å². The van der Waals surface area contributed by atoms with Crippen molar-refractivity contribution in [2.45, 2.75) is 18.9 Å². The number of pyridine rings is 1. The van der Waals surface area contributed by atoms with Crippen LogP contribution in [-0.2, 0) is 7.05 Å². The molecule has 1 fully saturated rings. The van der Waals surface area contributed by atoms with Gasteiger partial charge in [-0.2, -0.15) is 0 Å². The van der Waals surface area contributed by atoms with Gasteiger partial charge >= 0.3 is 0 Å². The van der Waals surface area contributed by atoms with Gasteiger partial charge in [0.2, 0.25) is 0 Å². The number of rotatable bonds is 4. The number of nitrogens with zero attached hydrogens (tertiary/aromatic N) is 4. The van der Waals surface area contributed by atoms with Gasteiger partial charge < -0.3 is 19.9 Å². The molecule has 1 atom stereocenters. The van der Waals surface area contributed by atoms with E-state index < -0.39 is 11.5 Å². The van der Waals surface area contributed by atoms with Crippen LogP contribution in [-0.4, -0.2) is 50.8 Å². The maximum absolute atomic E-state index is 12.3. The fourth-order valence-electron chi connectivity index (χ4n) is 2.89. The molecule has 8 heteroatoms. The second-order valence-electron chi connectivity index (χ2n) is 6.39. The van der Waals surface area contributed by atoms with E-state index in [-0.39, 0.29) is 17.7 Å². The van der Waals surface area contributed by atoms with Crippen LogP contribution >= 0.6 is 0 Å². The Kier molecular flexibility index (Phi) is 4.54. The number of aryl methyl sites for hydroxylation is 1. The number of carbonyl (C=O) groups excluding carboxylic acids is 1. The molecule has 1 amide bonds. The van der Waals surface area contributed by atoms with Gasteiger partial charge in [-0.3, -0.25) is 14.6 Å². The molecule has 25 heavy (non-hydrogen) atoms. The molecule has 132 valence electrons. The third-order valence-electron chi connectivity index (χ3n) is 4.58. The van der Waals surface area contributed by atoms with Gasteiger partial charge in [0.05, 0.1) is 6.20 Å². The predicted octanol–water partition coefficient (Wildman–Crippen LogP) is -0.145. The molecule has 0 spiro atoms. The average Bonchev–Trinajstić information content (AvgIpc) is 3.01. The quantitative estimate of drug-likeness (QED) is 0.801. The minimum atomic E-state index is -1.07. The lowest BCUT2D eigenvalue weighted by atomic mass is 10.0. The van der Waals surface area contributed by atoms with E-state index >= 15 is 0 Å². The van der Waals surface area contributed by atoms with Gasteiger partial charge in [-0.05, 0) is 25.5 Å². The Balaban J connectivity index is 1.65. The Labute approximate surface area is 145 Å². The minimum absolute atomic E-state index is 0.0691. The van der Waals surface area contributed by atoms with Gasteiger partial charge in [-0.15, -0.1) is 0 Å². The van der Waals surface area contributed by atoms with Crippen LogP contribution in [0.25, 0.3) is 0 Å². The molecule has 1 saturated heterocycles. The smallest absolute Gasteiger partial charge is 0.263 e. The SMILES string of the molecule is Cc1ccc(C(=O)NC[C@@]2(O)CCN(c3cnccn3)C2)c(=O)n1C. The normalized spacial score (nSPS) is 19.9. The maximum atomic E-state index is 12.3. The summed E-state index contributed by atoms with van der Waals surface area (Å²) in [6, 6.07) is 3.23. The van der Waals surface area contributed by atoms with Crippen LogP contribution in [0.3, 0.4) is 0 Å². The summed E-state index contributed by atoms with van der Waals surface area (Å²) in [6.45, 7) is 2.83. The largest absolute Gasteiger partial charge is 0.386 e. The van der Waals surface area contributed by atoms with E-state index in [1.807, 2.05) is 4.90 Å². The Morgan fingerprint density at radius 2 is 2.20 bits per heavy atom. The number of hydrogen-bond donors (Lipinski definition) is 2. The summed E-state index contributed by atoms with van der Waals surface area (Å²) in [5.74, 6) is 0.212. The van der Waals surface area contributed by atoms with Crippen molar-refractivity contribution >= 4 is 11.7 Å². The Hall–Kier alpha value is -2.74. The topological polar surface area (TPSA) is 100 Å². The van der Waals surface area contributed by atoms with Crippen molar-refractivity contribution in [2.24, 2.45) is 7.05 Å². The molecular formula is C17H21N5O3. The summed E-state index contributed by atoms with van der Waals surface area (Å²) >= 11 is 0. The zero-order chi connectivity index (χ0) is 18.0. The van der Waals surface area contributed by atoms with E-state index in [1.165, 1.54) is 10.6 Å². The van der Waals surface area contributed by atoms with Crippen molar-refractivity contribution in [3.8, 4) is 0 Å². The summed E-state index contributed by atoms with van der Waals surface area (Å²) < 4.78 is 1.43. The van der Waals surface area contributed by atoms with E-state index in [9.17, 15) is 14.7 Å². The second kappa shape index (κ2) is 6.64. The first-order valence-corrected chi connectivity index (χ1v) is 8.08. The fraction of sp³-hybridized carbons (Fsp3) is 0.412. The lowest BCUT2D eigenvalue weighted by molar-refractivity contribution is 0.0575. The number of amides is 1. The molecule has 3 heterocycles. The average molecular weight is 343 g/mol. The number of hydrogen-bond acceptors (Lipinski definition) is 6. The van der Waals surface area contributed by atoms with Gasteiger partial charge in [0.25, 0.3) is 11.5 Å². The van der Waals surface area contributed by atoms with E-state index in [0.717, 1.165) is 5.69 Å². The van der Waals surface area contributed by atoms with E-state index in [1.54, 1.807) is 38.6 Å². The highest BCUT2D eigenvalue weighted by molar-refractivity contribution is 5.93. The molecule has 1 aliphatic heterocycles. The van der Waals surface area contributed by atoms with Gasteiger partial charge in [0.1, 0.15) is 17.0 Å². The summed E-state index contributed by atoms with van der Waals surface area (Å²) in [7, 11) is 1.62. The van der Waals surface area contributed by atoms with Crippen molar-refractivity contribution in [3.05, 3.63) is 52.3 Å². The van der Waals surface area contributed by atoms with Crippen LogP contribution in [0.2, 0.25) is 0 Å². The van der Waals surface area contributed by atoms with Crippen LogP contribution in [0.5, 0.6) is 0 Å². The molecule has 2 N–H and O–H groups in total. The lowest BCUT2D eigenvalue weighted by Crippen LogP contribution is -2.46. The monoisotopic (exact) mass is 343 g/mol. The van der Waals surface area contributed by atoms with Gasteiger partial charge in [0.15, 0.2) is 0 Å². The third kappa shape index (κ3) is 3.53. The third-order valence-corrected chi connectivity index (χ3v) is 4.58. The first-order chi connectivity index (χ1) is 11.9. The number of aromatic nitrogens is 3. The molecule has 0 radical (unpaired) electrons. The highest BCUT2D eigenvalue weighted by Gasteiger charge is 2.37. The molecule has 2 aromatic heterocycles. The molecule has 1 aliphatic rings. The number of carbonyl (C=O) groups is 1. The van der Waals surface area contributed by atoms with Crippen molar-refractivity contribution < 1.29 is 9.90 Å². The van der Waals surface area contributed by atoms with E-state index in [2.05, 4.69) is 15.3 Å². The Bertz CT molecular complexity index is 836. The molecule has 0 unspecified atom stereocenters. The number of nitrogens with one attached hydrogen (secondary N) is 1. The fourth-order valence-corrected chi connectivity index (χ4v) is 2.89. The number of β-amino-alcohol motifs (C(OH)–C–C–N with tert-alkyl or cyclic N) is 1. The highest BCUT2D eigenvalue weighted by Crippen LogP contribution is 2.24. The zero-order valence-electron chi connectivity index (χ0n) is 14.3. The van der Waals surface area contributed by atoms with Gasteiger partial charge in [0, 0.05) is 44.8 Å². The van der Waals surface area contributed by atoms with Crippen LogP contribution in [0.15, 0.2) is 35.5 Å². The van der Waals surface area contributed by atoms with Crippen LogP contribution in [0, 0.1) is 6.92 Å². The summed E-state index contributed by atoms with van der Waals surface area (Å²) in [6.07, 6.45) is 5.33. The first kappa shape index (κ1) is 17.1. The molecule has 8 nitrogen and oxygen atoms in total. The van der Waals surface area contributed by atoms with E-state index in [4.69, 9.17) is 0 Å². The Morgan fingerprint density at radius 3 is 2.92 bits per heavy atom. The van der Waals surface area contributed by atoms with Crippen molar-refractivity contribution in [3.63, 3.8) is 0 Å². The summed E-state index contributed by atoms with van der Waals surface area (Å²) in [5.41, 5.74) is -0.573. The van der Waals surface area contributed by atoms with Crippen LogP contribution in [0.1, 0.15) is 22.5 Å². The Morgan fingerprint density at radius 1 is 1.40 bits per heavy atom. The second-order valence-corrected chi connectivity index (χ2v) is 6.39. The van der Waals surface area contributed by atoms with Crippen molar-refractivity contribution in [1.29, 1.82) is 0 Å². The van der Waals surface area contributed by atoms with Crippen molar-refractivity contribution in [1.82, 2.24) is 19.9 Å². The first-order valence-electron chi connectivity index (χ1n) is 8.08. The maximum Gasteiger partial charge on any atom is 0.263 e. The minimum Gasteiger partial charge on any atom is -0.386 e. The molecule has 0 aromatic carbocycles. The van der Waals surface area contributed by atoms with Crippen LogP contribution < -0.4 is 15.8 Å². The number of anilines is 1. The molecule has 0 saturated carbocycles. The van der Waals surface area contributed by atoms with Gasteiger partial charge in [-0.1, -0.05) is 0 Å². The highest BCUT2D eigenvalue weighted by atomic mass is 16.3. The summed E-state index contributed by atoms with van der Waals surface area (Å²) in [5, 5.41) is 13.4. The van der Waals surface area contributed by atoms with Gasteiger partial charge in [-0.25, -0.2) is 4.98 Å². The molecule has 3 rings (SSSR count). The zero-order valence-corrected chi connectivity index (χ0v) is 14.3. The van der Waals surface area contributed by atoms with Crippen LogP contribution in [0.4, 0.5) is 5.82 Å².